The van der Waals surface area contributed by atoms with E-state index in [2.05, 4.69) is 138 Å². The SMILES string of the molecule is C(=N\N(c1ccccc1)c1ccccc1)/c1ccc(N(/N=C/c2ccc(N(c3ccccc3)c3ccccc3)cc2)c2ccccc2)cc1. The van der Waals surface area contributed by atoms with Gasteiger partial charge >= 0.3 is 0 Å². The van der Waals surface area contributed by atoms with Gasteiger partial charge in [-0.1, -0.05) is 115 Å². The third-order valence-corrected chi connectivity index (χ3v) is 7.96. The quantitative estimate of drug-likeness (QED) is 0.105. The van der Waals surface area contributed by atoms with E-state index in [9.17, 15) is 0 Å². The highest BCUT2D eigenvalue weighted by Gasteiger charge is 2.12. The van der Waals surface area contributed by atoms with Crippen LogP contribution in [-0.4, -0.2) is 12.4 Å². The van der Waals surface area contributed by atoms with Gasteiger partial charge in [-0.3, -0.25) is 0 Å². The standard InChI is InChI=1S/C44H35N5/c1-6-16-38(17-7-1)47(39-18-8-2-9-19-39)40-30-26-36(27-31-40)34-46-49(43-24-14-5-15-25-43)44-32-28-37(29-33-44)35-45-48(41-20-10-3-11-21-41)42-22-12-4-13-23-42/h1-35H/b45-35+,46-34+. The maximum Gasteiger partial charge on any atom is 0.0653 e. The predicted octanol–water partition coefficient (Wildman–Crippen LogP) is 11.5. The number of hydrogen-bond donors (Lipinski definition) is 0. The maximum absolute atomic E-state index is 4.96. The lowest BCUT2D eigenvalue weighted by molar-refractivity contribution is 1.09. The summed E-state index contributed by atoms with van der Waals surface area (Å²) >= 11 is 0. The molecule has 5 nitrogen and oxygen atoms in total. The minimum Gasteiger partial charge on any atom is -0.311 e. The van der Waals surface area contributed by atoms with Crippen molar-refractivity contribution in [2.24, 2.45) is 10.2 Å². The van der Waals surface area contributed by atoms with Gasteiger partial charge in [0.05, 0.1) is 35.2 Å². The molecule has 5 heteroatoms. The number of benzene rings is 7. The van der Waals surface area contributed by atoms with Crippen molar-refractivity contribution in [3.8, 4) is 0 Å². The van der Waals surface area contributed by atoms with E-state index in [-0.39, 0.29) is 0 Å². The Balaban J connectivity index is 1.13. The molecule has 0 aliphatic heterocycles. The number of rotatable bonds is 11. The molecule has 0 spiro atoms. The van der Waals surface area contributed by atoms with E-state index in [0.717, 1.165) is 50.9 Å². The first-order valence-corrected chi connectivity index (χ1v) is 16.3. The minimum atomic E-state index is 0.943. The number of hydrogen-bond acceptors (Lipinski definition) is 5. The van der Waals surface area contributed by atoms with Gasteiger partial charge in [0.1, 0.15) is 0 Å². The normalized spacial score (nSPS) is 11.1. The number of nitrogens with zero attached hydrogens (tertiary/aromatic N) is 5. The van der Waals surface area contributed by atoms with Crippen LogP contribution >= 0.6 is 0 Å². The lowest BCUT2D eigenvalue weighted by atomic mass is 10.1. The fourth-order valence-corrected chi connectivity index (χ4v) is 5.53. The van der Waals surface area contributed by atoms with Crippen molar-refractivity contribution in [2.45, 2.75) is 0 Å². The van der Waals surface area contributed by atoms with Crippen LogP contribution < -0.4 is 14.9 Å². The van der Waals surface area contributed by atoms with Crippen molar-refractivity contribution >= 4 is 52.2 Å². The molecule has 0 atom stereocenters. The van der Waals surface area contributed by atoms with Crippen LogP contribution in [0.25, 0.3) is 0 Å². The summed E-state index contributed by atoms with van der Waals surface area (Å²) in [6, 6.07) is 68.1. The van der Waals surface area contributed by atoms with E-state index >= 15 is 0 Å². The molecule has 0 amide bonds. The van der Waals surface area contributed by atoms with E-state index < -0.39 is 0 Å². The molecule has 49 heavy (non-hydrogen) atoms. The van der Waals surface area contributed by atoms with E-state index in [1.807, 2.05) is 89.2 Å². The minimum absolute atomic E-state index is 0.943. The maximum atomic E-state index is 4.96. The molecule has 236 valence electrons. The molecule has 0 unspecified atom stereocenters. The molecular formula is C44H35N5. The van der Waals surface area contributed by atoms with Crippen LogP contribution in [0.3, 0.4) is 0 Å². The number of hydrazone groups is 2. The molecule has 7 rings (SSSR count). The van der Waals surface area contributed by atoms with E-state index in [1.165, 1.54) is 0 Å². The molecule has 0 N–H and O–H groups in total. The van der Waals surface area contributed by atoms with Crippen molar-refractivity contribution in [1.82, 2.24) is 0 Å². The van der Waals surface area contributed by atoms with Crippen molar-refractivity contribution in [1.29, 1.82) is 0 Å². The van der Waals surface area contributed by atoms with Crippen LogP contribution in [0.2, 0.25) is 0 Å². The Bertz CT molecular complexity index is 2000. The van der Waals surface area contributed by atoms with Gasteiger partial charge in [-0.15, -0.1) is 0 Å². The molecule has 0 saturated carbocycles. The third-order valence-electron chi connectivity index (χ3n) is 7.96. The van der Waals surface area contributed by atoms with Crippen molar-refractivity contribution in [3.05, 3.63) is 211 Å². The number of anilines is 7. The highest BCUT2D eigenvalue weighted by molar-refractivity contribution is 5.85. The Kier molecular flexibility index (Phi) is 9.62. The molecule has 0 aliphatic carbocycles. The van der Waals surface area contributed by atoms with Gasteiger partial charge in [-0.2, -0.15) is 10.2 Å². The molecule has 0 fully saturated rings. The smallest absolute Gasteiger partial charge is 0.0653 e. The first-order valence-electron chi connectivity index (χ1n) is 16.3. The van der Waals surface area contributed by atoms with E-state index in [1.54, 1.807) is 0 Å². The lowest BCUT2D eigenvalue weighted by Gasteiger charge is -2.25. The summed E-state index contributed by atoms with van der Waals surface area (Å²) in [5.41, 5.74) is 9.15. The summed E-state index contributed by atoms with van der Waals surface area (Å²) in [5.74, 6) is 0. The van der Waals surface area contributed by atoms with Gasteiger partial charge in [-0.05, 0) is 96.1 Å². The predicted molar refractivity (Wildman–Crippen MR) is 206 cm³/mol. The van der Waals surface area contributed by atoms with Crippen molar-refractivity contribution in [3.63, 3.8) is 0 Å². The molecule has 0 heterocycles. The third kappa shape index (κ3) is 7.64. The Morgan fingerprint density at radius 3 is 0.837 bits per heavy atom. The van der Waals surface area contributed by atoms with Crippen LogP contribution in [-0.2, 0) is 0 Å². The Morgan fingerprint density at radius 2 is 0.510 bits per heavy atom. The zero-order valence-electron chi connectivity index (χ0n) is 26.9. The summed E-state index contributed by atoms with van der Waals surface area (Å²) in [6.45, 7) is 0. The lowest BCUT2D eigenvalue weighted by Crippen LogP contribution is -2.10. The van der Waals surface area contributed by atoms with Crippen molar-refractivity contribution < 1.29 is 0 Å². The van der Waals surface area contributed by atoms with Gasteiger partial charge < -0.3 is 4.90 Å². The van der Waals surface area contributed by atoms with E-state index in [4.69, 9.17) is 10.2 Å². The second-order valence-electron chi connectivity index (χ2n) is 11.3. The average molecular weight is 634 g/mol. The first-order chi connectivity index (χ1) is 24.3. The molecule has 0 bridgehead atoms. The second kappa shape index (κ2) is 15.2. The van der Waals surface area contributed by atoms with Gasteiger partial charge in [0, 0.05) is 17.1 Å². The highest BCUT2D eigenvalue weighted by Crippen LogP contribution is 2.34. The fourth-order valence-electron chi connectivity index (χ4n) is 5.53. The summed E-state index contributed by atoms with van der Waals surface area (Å²) in [6.07, 6.45) is 3.79. The Hall–Kier alpha value is -6.72. The zero-order valence-corrected chi connectivity index (χ0v) is 26.9. The number of para-hydroxylation sites is 5. The van der Waals surface area contributed by atoms with Crippen LogP contribution in [0, 0.1) is 0 Å². The topological polar surface area (TPSA) is 34.4 Å². The molecule has 7 aromatic carbocycles. The molecule has 0 saturated heterocycles. The van der Waals surface area contributed by atoms with Gasteiger partial charge in [-0.25, -0.2) is 10.0 Å². The largest absolute Gasteiger partial charge is 0.311 e. The van der Waals surface area contributed by atoms with Gasteiger partial charge in [0.2, 0.25) is 0 Å². The van der Waals surface area contributed by atoms with Crippen LogP contribution in [0.1, 0.15) is 11.1 Å². The monoisotopic (exact) mass is 633 g/mol. The van der Waals surface area contributed by atoms with Crippen LogP contribution in [0.4, 0.5) is 39.8 Å². The Morgan fingerprint density at radius 1 is 0.265 bits per heavy atom. The summed E-state index contributed by atoms with van der Waals surface area (Å²) in [4.78, 5) is 2.25. The highest BCUT2D eigenvalue weighted by atomic mass is 15.5. The average Bonchev–Trinajstić information content (AvgIpc) is 3.18. The Labute approximate surface area is 288 Å². The molecule has 7 aromatic rings. The molecule has 0 aliphatic rings. The van der Waals surface area contributed by atoms with Crippen LogP contribution in [0.15, 0.2) is 210 Å². The van der Waals surface area contributed by atoms with Crippen molar-refractivity contribution in [2.75, 3.05) is 14.9 Å². The summed E-state index contributed by atoms with van der Waals surface area (Å²) in [7, 11) is 0. The molecule has 0 radical (unpaired) electrons. The summed E-state index contributed by atoms with van der Waals surface area (Å²) in [5, 5.41) is 13.7. The first kappa shape index (κ1) is 30.9. The van der Waals surface area contributed by atoms with Gasteiger partial charge in [0.15, 0.2) is 0 Å². The fraction of sp³-hybridized carbons (Fsp3) is 0. The van der Waals surface area contributed by atoms with Gasteiger partial charge in [0.25, 0.3) is 0 Å². The van der Waals surface area contributed by atoms with E-state index in [0.29, 0.717) is 0 Å². The zero-order chi connectivity index (χ0) is 33.1. The second-order valence-corrected chi connectivity index (χ2v) is 11.3. The summed E-state index contributed by atoms with van der Waals surface area (Å²) < 4.78 is 0. The van der Waals surface area contributed by atoms with Crippen LogP contribution in [0.5, 0.6) is 0 Å². The molecule has 0 aromatic heterocycles. The molecular weight excluding hydrogens is 599 g/mol.